The molecular weight excluding hydrogens is 264 g/mol. The summed E-state index contributed by atoms with van der Waals surface area (Å²) in [5.41, 5.74) is 0.887. The minimum atomic E-state index is 0.221. The fourth-order valence-corrected chi connectivity index (χ4v) is 3.54. The van der Waals surface area contributed by atoms with Crippen LogP contribution in [0.15, 0.2) is 18.3 Å². The van der Waals surface area contributed by atoms with Crippen molar-refractivity contribution >= 4 is 5.91 Å². The Balaban J connectivity index is 1.40. The zero-order valence-electron chi connectivity index (χ0n) is 12.5. The van der Waals surface area contributed by atoms with E-state index in [2.05, 4.69) is 21.0 Å². The van der Waals surface area contributed by atoms with Gasteiger partial charge in [-0.1, -0.05) is 0 Å². The van der Waals surface area contributed by atoms with Gasteiger partial charge in [0.15, 0.2) is 0 Å². The van der Waals surface area contributed by atoms with E-state index in [4.69, 9.17) is 0 Å². The maximum atomic E-state index is 12.8. The second-order valence-corrected chi connectivity index (χ2v) is 6.53. The van der Waals surface area contributed by atoms with Crippen LogP contribution in [0.4, 0.5) is 0 Å². The number of amides is 1. The molecule has 0 unspecified atom stereocenters. The number of piperazine rings is 1. The second-order valence-electron chi connectivity index (χ2n) is 6.53. The van der Waals surface area contributed by atoms with Gasteiger partial charge in [0.05, 0.1) is 0 Å². The molecule has 1 N–H and O–H groups in total. The van der Waals surface area contributed by atoms with Crippen LogP contribution < -0.4 is 5.32 Å². The summed E-state index contributed by atoms with van der Waals surface area (Å²) in [5, 5.41) is 3.32. The van der Waals surface area contributed by atoms with Crippen LogP contribution in [0.2, 0.25) is 0 Å². The molecule has 0 aromatic carbocycles. The molecule has 21 heavy (non-hydrogen) atoms. The first-order valence-corrected chi connectivity index (χ1v) is 8.24. The van der Waals surface area contributed by atoms with E-state index in [1.54, 1.807) is 0 Å². The summed E-state index contributed by atoms with van der Waals surface area (Å²) < 4.78 is 2.20. The number of hydrogen-bond donors (Lipinski definition) is 1. The SMILES string of the molecule is O=C(c1cccn1C1CCC1)N1CCN(C2CNC2)CC1. The smallest absolute Gasteiger partial charge is 0.270 e. The lowest BCUT2D eigenvalue weighted by molar-refractivity contribution is 0.0489. The van der Waals surface area contributed by atoms with Crippen molar-refractivity contribution in [2.24, 2.45) is 0 Å². The van der Waals surface area contributed by atoms with Crippen LogP contribution in [0.1, 0.15) is 35.8 Å². The van der Waals surface area contributed by atoms with Crippen molar-refractivity contribution in [1.29, 1.82) is 0 Å². The molecule has 3 aliphatic rings. The Morgan fingerprint density at radius 3 is 2.43 bits per heavy atom. The van der Waals surface area contributed by atoms with Crippen LogP contribution in [-0.2, 0) is 0 Å². The molecule has 3 fully saturated rings. The number of carbonyl (C=O) groups is 1. The van der Waals surface area contributed by atoms with E-state index >= 15 is 0 Å². The highest BCUT2D eigenvalue weighted by atomic mass is 16.2. The number of hydrogen-bond acceptors (Lipinski definition) is 3. The van der Waals surface area contributed by atoms with E-state index in [1.807, 2.05) is 17.0 Å². The average Bonchev–Trinajstić information content (AvgIpc) is 2.84. The largest absolute Gasteiger partial charge is 0.340 e. The van der Waals surface area contributed by atoms with Crippen LogP contribution in [0.5, 0.6) is 0 Å². The summed E-state index contributed by atoms with van der Waals surface area (Å²) >= 11 is 0. The molecule has 0 spiro atoms. The Hall–Kier alpha value is -1.33. The Morgan fingerprint density at radius 1 is 1.10 bits per heavy atom. The molecule has 1 aromatic rings. The predicted octanol–water partition coefficient (Wildman–Crippen LogP) is 0.943. The Morgan fingerprint density at radius 2 is 1.86 bits per heavy atom. The molecular formula is C16H24N4O. The van der Waals surface area contributed by atoms with Crippen LogP contribution >= 0.6 is 0 Å². The van der Waals surface area contributed by atoms with Crippen molar-refractivity contribution < 1.29 is 4.79 Å². The monoisotopic (exact) mass is 288 g/mol. The molecule has 5 heteroatoms. The van der Waals surface area contributed by atoms with Gasteiger partial charge in [-0.2, -0.15) is 0 Å². The van der Waals surface area contributed by atoms with Crippen molar-refractivity contribution in [2.45, 2.75) is 31.3 Å². The molecule has 4 rings (SSSR count). The zero-order valence-corrected chi connectivity index (χ0v) is 12.5. The third-order valence-corrected chi connectivity index (χ3v) is 5.34. The predicted molar refractivity (Wildman–Crippen MR) is 81.5 cm³/mol. The van der Waals surface area contributed by atoms with Crippen molar-refractivity contribution in [3.8, 4) is 0 Å². The Labute approximate surface area is 125 Å². The lowest BCUT2D eigenvalue weighted by atomic mass is 9.93. The lowest BCUT2D eigenvalue weighted by Crippen LogP contribution is -2.62. The molecule has 0 bridgehead atoms. The molecule has 3 heterocycles. The van der Waals surface area contributed by atoms with Gasteiger partial charge in [0.1, 0.15) is 5.69 Å². The zero-order chi connectivity index (χ0) is 14.2. The highest BCUT2D eigenvalue weighted by molar-refractivity contribution is 5.93. The Bertz CT molecular complexity index is 510. The molecule has 1 aliphatic carbocycles. The number of nitrogens with zero attached hydrogens (tertiary/aromatic N) is 3. The summed E-state index contributed by atoms with van der Waals surface area (Å²) in [5.74, 6) is 0.221. The first-order valence-electron chi connectivity index (χ1n) is 8.24. The minimum Gasteiger partial charge on any atom is -0.340 e. The fraction of sp³-hybridized carbons (Fsp3) is 0.688. The lowest BCUT2D eigenvalue weighted by Gasteiger charge is -2.43. The van der Waals surface area contributed by atoms with E-state index in [9.17, 15) is 4.79 Å². The quantitative estimate of drug-likeness (QED) is 0.900. The summed E-state index contributed by atoms with van der Waals surface area (Å²) in [6.45, 7) is 5.98. The fourth-order valence-electron chi connectivity index (χ4n) is 3.54. The summed E-state index contributed by atoms with van der Waals surface area (Å²) in [6.07, 6.45) is 5.81. The summed E-state index contributed by atoms with van der Waals surface area (Å²) in [6, 6.07) is 5.26. The van der Waals surface area contributed by atoms with E-state index < -0.39 is 0 Å². The van der Waals surface area contributed by atoms with Crippen molar-refractivity contribution in [1.82, 2.24) is 19.7 Å². The van der Waals surface area contributed by atoms with Crippen molar-refractivity contribution in [2.75, 3.05) is 39.3 Å². The van der Waals surface area contributed by atoms with E-state index in [0.29, 0.717) is 12.1 Å². The molecule has 5 nitrogen and oxygen atoms in total. The van der Waals surface area contributed by atoms with Gasteiger partial charge in [0.25, 0.3) is 5.91 Å². The molecule has 2 saturated heterocycles. The van der Waals surface area contributed by atoms with Gasteiger partial charge in [-0.05, 0) is 31.4 Å². The number of nitrogens with one attached hydrogen (secondary N) is 1. The molecule has 1 saturated carbocycles. The standard InChI is InChI=1S/C16H24N4O/c21-16(15-5-2-6-20(15)13-3-1-4-13)19-9-7-18(8-10-19)14-11-17-12-14/h2,5-6,13-14,17H,1,3-4,7-12H2. The van der Waals surface area contributed by atoms with Gasteiger partial charge >= 0.3 is 0 Å². The molecule has 1 aromatic heterocycles. The van der Waals surface area contributed by atoms with Gasteiger partial charge in [-0.15, -0.1) is 0 Å². The van der Waals surface area contributed by atoms with Crippen molar-refractivity contribution in [3.05, 3.63) is 24.0 Å². The van der Waals surface area contributed by atoms with Crippen LogP contribution in [0.25, 0.3) is 0 Å². The first-order chi connectivity index (χ1) is 10.3. The van der Waals surface area contributed by atoms with Gasteiger partial charge in [0, 0.05) is 57.5 Å². The molecule has 0 radical (unpaired) electrons. The molecule has 0 atom stereocenters. The van der Waals surface area contributed by atoms with Gasteiger partial charge in [0.2, 0.25) is 0 Å². The average molecular weight is 288 g/mol. The highest BCUT2D eigenvalue weighted by Gasteiger charge is 2.31. The maximum absolute atomic E-state index is 12.8. The van der Waals surface area contributed by atoms with Gasteiger partial charge in [-0.25, -0.2) is 0 Å². The number of carbonyl (C=O) groups excluding carboxylic acids is 1. The van der Waals surface area contributed by atoms with Crippen LogP contribution in [-0.4, -0.2) is 65.6 Å². The third-order valence-electron chi connectivity index (χ3n) is 5.34. The van der Waals surface area contributed by atoms with Crippen LogP contribution in [0, 0.1) is 0 Å². The normalized spacial score (nSPS) is 24.7. The van der Waals surface area contributed by atoms with Crippen molar-refractivity contribution in [3.63, 3.8) is 0 Å². The highest BCUT2D eigenvalue weighted by Crippen LogP contribution is 2.33. The van der Waals surface area contributed by atoms with E-state index in [1.165, 1.54) is 19.3 Å². The van der Waals surface area contributed by atoms with Gasteiger partial charge < -0.3 is 14.8 Å². The third kappa shape index (κ3) is 2.38. The molecule has 2 aliphatic heterocycles. The number of aromatic nitrogens is 1. The summed E-state index contributed by atoms with van der Waals surface area (Å²) in [7, 11) is 0. The summed E-state index contributed by atoms with van der Waals surface area (Å²) in [4.78, 5) is 17.3. The van der Waals surface area contributed by atoms with Crippen LogP contribution in [0.3, 0.4) is 0 Å². The molecule has 1 amide bonds. The Kier molecular flexibility index (Phi) is 3.47. The van der Waals surface area contributed by atoms with E-state index in [0.717, 1.165) is 45.0 Å². The first kappa shape index (κ1) is 13.3. The minimum absolute atomic E-state index is 0.221. The number of rotatable bonds is 3. The molecule has 114 valence electrons. The topological polar surface area (TPSA) is 40.5 Å². The van der Waals surface area contributed by atoms with Gasteiger partial charge in [-0.3, -0.25) is 9.69 Å². The van der Waals surface area contributed by atoms with E-state index in [-0.39, 0.29) is 5.91 Å². The second kappa shape index (κ2) is 5.46. The maximum Gasteiger partial charge on any atom is 0.270 e.